The van der Waals surface area contributed by atoms with Crippen LogP contribution in [0.25, 0.3) is 0 Å². The lowest BCUT2D eigenvalue weighted by atomic mass is 10.1. The van der Waals surface area contributed by atoms with Crippen molar-refractivity contribution in [1.29, 1.82) is 0 Å². The molecule has 0 unspecified atom stereocenters. The quantitative estimate of drug-likeness (QED) is 0.615. The Kier molecular flexibility index (Phi) is 7.13. The molecule has 0 radical (unpaired) electrons. The average molecular weight is 408 g/mol. The van der Waals surface area contributed by atoms with Gasteiger partial charge in [0.15, 0.2) is 11.5 Å². The Labute approximate surface area is 156 Å². The zero-order valence-electron chi connectivity index (χ0n) is 14.3. The molecule has 2 aromatic carbocycles. The van der Waals surface area contributed by atoms with E-state index in [0.717, 1.165) is 27.9 Å². The SMILES string of the molecule is CCCOc1c(Br)cc(CNc2ccc(C(=O)O)cc2)cc1OCC. The molecule has 0 spiro atoms. The number of carboxylic acids is 1. The molecule has 25 heavy (non-hydrogen) atoms. The summed E-state index contributed by atoms with van der Waals surface area (Å²) in [5, 5.41) is 12.2. The molecule has 0 heterocycles. The molecular formula is C19H22BrNO4. The smallest absolute Gasteiger partial charge is 0.335 e. The van der Waals surface area contributed by atoms with Gasteiger partial charge in [-0.1, -0.05) is 6.92 Å². The first-order valence-corrected chi connectivity index (χ1v) is 8.99. The number of nitrogens with one attached hydrogen (secondary N) is 1. The first-order chi connectivity index (χ1) is 12.0. The Bertz CT molecular complexity index is 716. The van der Waals surface area contributed by atoms with Gasteiger partial charge in [-0.25, -0.2) is 4.79 Å². The molecule has 2 N–H and O–H groups in total. The van der Waals surface area contributed by atoms with E-state index in [-0.39, 0.29) is 5.56 Å². The van der Waals surface area contributed by atoms with Gasteiger partial charge in [0, 0.05) is 12.2 Å². The van der Waals surface area contributed by atoms with Crippen molar-refractivity contribution in [2.45, 2.75) is 26.8 Å². The lowest BCUT2D eigenvalue weighted by Gasteiger charge is -2.15. The minimum absolute atomic E-state index is 0.268. The largest absolute Gasteiger partial charge is 0.490 e. The van der Waals surface area contributed by atoms with Crippen molar-refractivity contribution in [3.8, 4) is 11.5 Å². The fourth-order valence-electron chi connectivity index (χ4n) is 2.27. The van der Waals surface area contributed by atoms with Crippen LogP contribution in [0, 0.1) is 0 Å². The molecule has 0 aliphatic heterocycles. The molecule has 5 nitrogen and oxygen atoms in total. The highest BCUT2D eigenvalue weighted by atomic mass is 79.9. The Morgan fingerprint density at radius 2 is 1.88 bits per heavy atom. The predicted octanol–water partition coefficient (Wildman–Crippen LogP) is 4.95. The lowest BCUT2D eigenvalue weighted by molar-refractivity contribution is 0.0697. The minimum Gasteiger partial charge on any atom is -0.490 e. The van der Waals surface area contributed by atoms with Crippen LogP contribution in [0.1, 0.15) is 36.2 Å². The van der Waals surface area contributed by atoms with Crippen molar-refractivity contribution in [3.05, 3.63) is 52.0 Å². The molecule has 6 heteroatoms. The number of rotatable bonds is 9. The van der Waals surface area contributed by atoms with Crippen molar-refractivity contribution < 1.29 is 19.4 Å². The summed E-state index contributed by atoms with van der Waals surface area (Å²) < 4.78 is 12.3. The standard InChI is InChI=1S/C19H22BrNO4/c1-3-9-25-18-16(20)10-13(11-17(18)24-4-2)12-21-15-7-5-14(6-8-15)19(22)23/h5-8,10-11,21H,3-4,9,12H2,1-2H3,(H,22,23). The number of carbonyl (C=O) groups is 1. The minimum atomic E-state index is -0.931. The summed E-state index contributed by atoms with van der Waals surface area (Å²) >= 11 is 3.55. The number of hydrogen-bond donors (Lipinski definition) is 2. The number of benzene rings is 2. The van der Waals surface area contributed by atoms with Gasteiger partial charge in [0.25, 0.3) is 0 Å². The summed E-state index contributed by atoms with van der Waals surface area (Å²) in [6.45, 7) is 5.77. The fraction of sp³-hybridized carbons (Fsp3) is 0.316. The highest BCUT2D eigenvalue weighted by Crippen LogP contribution is 2.37. The van der Waals surface area contributed by atoms with Crippen LogP contribution in [0.4, 0.5) is 5.69 Å². The molecule has 134 valence electrons. The van der Waals surface area contributed by atoms with Crippen LogP contribution in [-0.4, -0.2) is 24.3 Å². The second-order valence-electron chi connectivity index (χ2n) is 5.42. The Morgan fingerprint density at radius 1 is 1.16 bits per heavy atom. The van der Waals surface area contributed by atoms with E-state index in [1.165, 1.54) is 0 Å². The second kappa shape index (κ2) is 9.32. The number of anilines is 1. The molecule has 0 aliphatic rings. The maximum Gasteiger partial charge on any atom is 0.335 e. The molecule has 0 bridgehead atoms. The van der Waals surface area contributed by atoms with Gasteiger partial charge >= 0.3 is 5.97 Å². The van der Waals surface area contributed by atoms with Gasteiger partial charge in [0.2, 0.25) is 0 Å². The monoisotopic (exact) mass is 407 g/mol. The summed E-state index contributed by atoms with van der Waals surface area (Å²) in [5.74, 6) is 0.501. The van der Waals surface area contributed by atoms with Crippen LogP contribution in [0.3, 0.4) is 0 Å². The van der Waals surface area contributed by atoms with Crippen LogP contribution in [-0.2, 0) is 6.54 Å². The van der Waals surface area contributed by atoms with E-state index < -0.39 is 5.97 Å². The lowest BCUT2D eigenvalue weighted by Crippen LogP contribution is -2.04. The van der Waals surface area contributed by atoms with Crippen molar-refractivity contribution in [2.75, 3.05) is 18.5 Å². The number of aromatic carboxylic acids is 1. The number of carboxylic acid groups (broad SMARTS) is 1. The van der Waals surface area contributed by atoms with Gasteiger partial charge in [-0.05, 0) is 71.2 Å². The van der Waals surface area contributed by atoms with Gasteiger partial charge in [-0.3, -0.25) is 0 Å². The highest BCUT2D eigenvalue weighted by Gasteiger charge is 2.12. The van der Waals surface area contributed by atoms with Gasteiger partial charge in [0.1, 0.15) is 0 Å². The molecular weight excluding hydrogens is 386 g/mol. The van der Waals surface area contributed by atoms with Crippen molar-refractivity contribution in [3.63, 3.8) is 0 Å². The number of hydrogen-bond acceptors (Lipinski definition) is 4. The third kappa shape index (κ3) is 5.39. The van der Waals surface area contributed by atoms with Crippen LogP contribution in [0.15, 0.2) is 40.9 Å². The summed E-state index contributed by atoms with van der Waals surface area (Å²) in [5.41, 5.74) is 2.15. The highest BCUT2D eigenvalue weighted by molar-refractivity contribution is 9.10. The predicted molar refractivity (Wildman–Crippen MR) is 102 cm³/mol. The van der Waals surface area contributed by atoms with E-state index >= 15 is 0 Å². The van der Waals surface area contributed by atoms with Crippen LogP contribution in [0.2, 0.25) is 0 Å². The molecule has 0 fully saturated rings. The molecule has 2 rings (SSSR count). The molecule has 0 aliphatic carbocycles. The van der Waals surface area contributed by atoms with Crippen LogP contribution < -0.4 is 14.8 Å². The molecule has 0 saturated carbocycles. The van der Waals surface area contributed by atoms with E-state index in [1.807, 2.05) is 19.1 Å². The van der Waals surface area contributed by atoms with E-state index in [4.69, 9.17) is 14.6 Å². The van der Waals surface area contributed by atoms with Crippen molar-refractivity contribution in [1.82, 2.24) is 0 Å². The average Bonchev–Trinajstić information content (AvgIpc) is 2.60. The first kappa shape index (κ1) is 19.1. The van der Waals surface area contributed by atoms with Gasteiger partial charge in [-0.15, -0.1) is 0 Å². The molecule has 0 amide bonds. The first-order valence-electron chi connectivity index (χ1n) is 8.20. The zero-order valence-corrected chi connectivity index (χ0v) is 15.9. The van der Waals surface area contributed by atoms with E-state index in [1.54, 1.807) is 24.3 Å². The molecule has 0 atom stereocenters. The normalized spacial score (nSPS) is 10.4. The van der Waals surface area contributed by atoms with Gasteiger partial charge < -0.3 is 19.9 Å². The maximum absolute atomic E-state index is 10.9. The van der Waals surface area contributed by atoms with Crippen molar-refractivity contribution in [2.24, 2.45) is 0 Å². The zero-order chi connectivity index (χ0) is 18.2. The second-order valence-corrected chi connectivity index (χ2v) is 6.28. The van der Waals surface area contributed by atoms with E-state index in [0.29, 0.717) is 25.5 Å². The van der Waals surface area contributed by atoms with Gasteiger partial charge in [-0.2, -0.15) is 0 Å². The Balaban J connectivity index is 2.12. The van der Waals surface area contributed by atoms with E-state index in [9.17, 15) is 4.79 Å². The Hall–Kier alpha value is -2.21. The summed E-state index contributed by atoms with van der Waals surface area (Å²) in [6.07, 6.45) is 0.924. The molecule has 2 aromatic rings. The topological polar surface area (TPSA) is 67.8 Å². The summed E-state index contributed by atoms with van der Waals surface area (Å²) in [4.78, 5) is 10.9. The van der Waals surface area contributed by atoms with E-state index in [2.05, 4.69) is 28.2 Å². The van der Waals surface area contributed by atoms with Gasteiger partial charge in [0.05, 0.1) is 23.2 Å². The molecule has 0 saturated heterocycles. The third-order valence-electron chi connectivity index (χ3n) is 3.45. The third-order valence-corrected chi connectivity index (χ3v) is 4.04. The van der Waals surface area contributed by atoms with Crippen LogP contribution >= 0.6 is 15.9 Å². The molecule has 0 aromatic heterocycles. The maximum atomic E-state index is 10.9. The number of halogens is 1. The van der Waals surface area contributed by atoms with Crippen LogP contribution in [0.5, 0.6) is 11.5 Å². The Morgan fingerprint density at radius 3 is 2.48 bits per heavy atom. The number of ether oxygens (including phenoxy) is 2. The summed E-state index contributed by atoms with van der Waals surface area (Å²) in [7, 11) is 0. The summed E-state index contributed by atoms with van der Waals surface area (Å²) in [6, 6.07) is 10.6. The fourth-order valence-corrected chi connectivity index (χ4v) is 2.87. The van der Waals surface area contributed by atoms with Crippen molar-refractivity contribution >= 4 is 27.6 Å².